The van der Waals surface area contributed by atoms with Crippen LogP contribution in [0.25, 0.3) is 0 Å². The number of hydrogen-bond donors (Lipinski definition) is 3. The Bertz CT molecular complexity index is 1280. The maximum atomic E-state index is 13.3. The molecule has 0 aliphatic carbocycles. The lowest BCUT2D eigenvalue weighted by Gasteiger charge is -2.28. The molecule has 3 aromatic rings. The maximum absolute atomic E-state index is 13.3. The number of carbonyl (C=O) groups is 2. The Hall–Kier alpha value is -4.39. The second kappa shape index (κ2) is 14.0. The summed E-state index contributed by atoms with van der Waals surface area (Å²) >= 11 is 0. The average Bonchev–Trinajstić information content (AvgIpc) is 2.96. The van der Waals surface area contributed by atoms with E-state index in [0.29, 0.717) is 42.1 Å². The summed E-state index contributed by atoms with van der Waals surface area (Å²) in [5.41, 5.74) is 9.99. The number of benzene rings is 3. The Morgan fingerprint density at radius 1 is 0.949 bits per heavy atom. The van der Waals surface area contributed by atoms with Gasteiger partial charge in [0.2, 0.25) is 0 Å². The summed E-state index contributed by atoms with van der Waals surface area (Å²) in [5.74, 6) is -0.251. The fourth-order valence-electron chi connectivity index (χ4n) is 4.35. The first kappa shape index (κ1) is 27.6. The Balaban J connectivity index is 1.40. The highest BCUT2D eigenvalue weighted by Gasteiger charge is 2.17. The number of para-hydroxylation sites is 2. The number of amides is 3. The molecule has 4 N–H and O–H groups in total. The third-order valence-corrected chi connectivity index (χ3v) is 6.58. The summed E-state index contributed by atoms with van der Waals surface area (Å²) in [5, 5.41) is 14.7. The number of nitriles is 1. The van der Waals surface area contributed by atoms with Crippen LogP contribution in [0.15, 0.2) is 72.8 Å². The van der Waals surface area contributed by atoms with Crippen molar-refractivity contribution in [2.24, 2.45) is 0 Å². The molecular weight excluding hydrogens is 492 g/mol. The third-order valence-electron chi connectivity index (χ3n) is 6.58. The van der Waals surface area contributed by atoms with Crippen LogP contribution >= 0.6 is 0 Å². The lowest BCUT2D eigenvalue weighted by molar-refractivity contribution is 0.0365. The number of urea groups is 1. The smallest absolute Gasteiger partial charge is 0.322 e. The van der Waals surface area contributed by atoms with Gasteiger partial charge in [-0.25, -0.2) is 4.79 Å². The Labute approximate surface area is 229 Å². The Kier molecular flexibility index (Phi) is 9.89. The molecule has 1 aliphatic heterocycles. The van der Waals surface area contributed by atoms with Crippen molar-refractivity contribution >= 4 is 29.0 Å². The van der Waals surface area contributed by atoms with E-state index in [-0.39, 0.29) is 11.9 Å². The highest BCUT2D eigenvalue weighted by molar-refractivity contribution is 6.05. The minimum Gasteiger partial charge on any atom is -0.397 e. The number of rotatable bonds is 10. The predicted octanol–water partition coefficient (Wildman–Crippen LogP) is 4.34. The summed E-state index contributed by atoms with van der Waals surface area (Å²) in [7, 11) is 0. The van der Waals surface area contributed by atoms with E-state index in [9.17, 15) is 9.59 Å². The lowest BCUT2D eigenvalue weighted by Crippen LogP contribution is -2.40. The van der Waals surface area contributed by atoms with Crippen molar-refractivity contribution < 1.29 is 14.3 Å². The van der Waals surface area contributed by atoms with Crippen molar-refractivity contribution in [3.63, 3.8) is 0 Å². The molecule has 9 heteroatoms. The second-order valence-corrected chi connectivity index (χ2v) is 9.43. The molecule has 0 atom stereocenters. The first-order valence-electron chi connectivity index (χ1n) is 13.1. The van der Waals surface area contributed by atoms with Crippen LogP contribution in [0.1, 0.15) is 27.9 Å². The molecule has 0 bridgehead atoms. The minimum absolute atomic E-state index is 0.202. The zero-order valence-corrected chi connectivity index (χ0v) is 21.9. The third kappa shape index (κ3) is 8.30. The van der Waals surface area contributed by atoms with Crippen LogP contribution in [0.5, 0.6) is 0 Å². The molecule has 0 saturated carbocycles. The zero-order chi connectivity index (χ0) is 27.5. The van der Waals surface area contributed by atoms with Gasteiger partial charge in [-0.15, -0.1) is 0 Å². The molecular formula is C30H34N6O3. The summed E-state index contributed by atoms with van der Waals surface area (Å²) in [6.45, 7) is 5.14. The van der Waals surface area contributed by atoms with Gasteiger partial charge in [-0.05, 0) is 53.9 Å². The summed E-state index contributed by atoms with van der Waals surface area (Å²) in [4.78, 5) is 30.1. The number of nitrogens with two attached hydrogens (primary N) is 1. The standard InChI is InChI=1S/C30H34N6O3/c31-15-14-23-8-12-26(13-9-23)33-30(38)36(17-3-16-35-18-20-39-21-19-35)22-24-6-10-25(11-7-24)29(37)34-28-5-2-1-4-27(28)32/h1-2,4-13H,3,14,16-22,32H2,(H,33,38)(H,34,37). The van der Waals surface area contributed by atoms with Crippen molar-refractivity contribution in [1.29, 1.82) is 5.26 Å². The number of morpholine rings is 1. The summed E-state index contributed by atoms with van der Waals surface area (Å²) < 4.78 is 5.43. The Morgan fingerprint density at radius 2 is 1.64 bits per heavy atom. The molecule has 9 nitrogen and oxygen atoms in total. The molecule has 0 aromatic heterocycles. The molecule has 0 unspecified atom stereocenters. The normalized spacial score (nSPS) is 13.3. The van der Waals surface area contributed by atoms with Crippen molar-refractivity contribution in [3.05, 3.63) is 89.5 Å². The minimum atomic E-state index is -0.251. The van der Waals surface area contributed by atoms with E-state index in [1.54, 1.807) is 29.2 Å². The molecule has 39 heavy (non-hydrogen) atoms. The average molecular weight is 527 g/mol. The van der Waals surface area contributed by atoms with Gasteiger partial charge in [-0.2, -0.15) is 5.26 Å². The fourth-order valence-corrected chi connectivity index (χ4v) is 4.35. The van der Waals surface area contributed by atoms with Gasteiger partial charge in [0, 0.05) is 44.0 Å². The molecule has 1 heterocycles. The van der Waals surface area contributed by atoms with Crippen LogP contribution in [-0.4, -0.2) is 61.1 Å². The van der Waals surface area contributed by atoms with Crippen molar-refractivity contribution in [1.82, 2.24) is 9.80 Å². The zero-order valence-electron chi connectivity index (χ0n) is 21.9. The number of ether oxygens (including phenoxy) is 1. The van der Waals surface area contributed by atoms with Gasteiger partial charge in [0.25, 0.3) is 5.91 Å². The second-order valence-electron chi connectivity index (χ2n) is 9.43. The molecule has 3 aromatic carbocycles. The molecule has 4 rings (SSSR count). The van der Waals surface area contributed by atoms with Crippen LogP contribution < -0.4 is 16.4 Å². The number of anilines is 3. The van der Waals surface area contributed by atoms with E-state index in [1.807, 2.05) is 48.5 Å². The van der Waals surface area contributed by atoms with Gasteiger partial charge in [0.05, 0.1) is 37.1 Å². The number of nitrogen functional groups attached to an aromatic ring is 1. The van der Waals surface area contributed by atoms with E-state index in [2.05, 4.69) is 21.6 Å². The quantitative estimate of drug-likeness (QED) is 0.338. The molecule has 1 saturated heterocycles. The molecule has 0 spiro atoms. The highest BCUT2D eigenvalue weighted by Crippen LogP contribution is 2.19. The topological polar surface area (TPSA) is 124 Å². The van der Waals surface area contributed by atoms with Crippen molar-refractivity contribution in [2.75, 3.05) is 55.8 Å². The van der Waals surface area contributed by atoms with Crippen LogP contribution in [0, 0.1) is 11.3 Å². The van der Waals surface area contributed by atoms with E-state index >= 15 is 0 Å². The molecule has 1 aliphatic rings. The van der Waals surface area contributed by atoms with Crippen molar-refractivity contribution in [2.45, 2.75) is 19.4 Å². The van der Waals surface area contributed by atoms with Crippen LogP contribution in [-0.2, 0) is 17.7 Å². The summed E-state index contributed by atoms with van der Waals surface area (Å²) in [6.07, 6.45) is 1.15. The Morgan fingerprint density at radius 3 is 2.33 bits per heavy atom. The number of hydrogen-bond acceptors (Lipinski definition) is 6. The van der Waals surface area contributed by atoms with Crippen LogP contribution in [0.3, 0.4) is 0 Å². The number of nitrogens with zero attached hydrogens (tertiary/aromatic N) is 3. The SMILES string of the molecule is N#CCc1ccc(NC(=O)N(CCCN2CCOCC2)Cc2ccc(C(=O)Nc3ccccc3N)cc2)cc1. The van der Waals surface area contributed by atoms with Gasteiger partial charge < -0.3 is 26.0 Å². The molecule has 0 radical (unpaired) electrons. The molecule has 202 valence electrons. The van der Waals surface area contributed by atoms with E-state index in [4.69, 9.17) is 15.7 Å². The number of nitrogens with one attached hydrogen (secondary N) is 2. The lowest BCUT2D eigenvalue weighted by atomic mass is 10.1. The van der Waals surface area contributed by atoms with Crippen LogP contribution in [0.2, 0.25) is 0 Å². The van der Waals surface area contributed by atoms with E-state index in [1.165, 1.54) is 0 Å². The van der Waals surface area contributed by atoms with Gasteiger partial charge in [0.1, 0.15) is 0 Å². The largest absolute Gasteiger partial charge is 0.397 e. The molecule has 3 amide bonds. The first-order chi connectivity index (χ1) is 19.0. The van der Waals surface area contributed by atoms with Gasteiger partial charge >= 0.3 is 6.03 Å². The van der Waals surface area contributed by atoms with Gasteiger partial charge in [0.15, 0.2) is 0 Å². The van der Waals surface area contributed by atoms with Crippen molar-refractivity contribution in [3.8, 4) is 6.07 Å². The van der Waals surface area contributed by atoms with Gasteiger partial charge in [-0.1, -0.05) is 36.4 Å². The summed E-state index contributed by atoms with van der Waals surface area (Å²) in [6, 6.07) is 23.6. The number of carbonyl (C=O) groups excluding carboxylic acids is 2. The van der Waals surface area contributed by atoms with E-state index < -0.39 is 0 Å². The first-order valence-corrected chi connectivity index (χ1v) is 13.1. The predicted molar refractivity (Wildman–Crippen MR) is 152 cm³/mol. The molecule has 1 fully saturated rings. The monoisotopic (exact) mass is 526 g/mol. The fraction of sp³-hybridized carbons (Fsp3) is 0.300. The highest BCUT2D eigenvalue weighted by atomic mass is 16.5. The van der Waals surface area contributed by atoms with E-state index in [0.717, 1.165) is 50.4 Å². The maximum Gasteiger partial charge on any atom is 0.322 e. The van der Waals surface area contributed by atoms with Gasteiger partial charge in [-0.3, -0.25) is 9.69 Å². The van der Waals surface area contributed by atoms with Crippen LogP contribution in [0.4, 0.5) is 21.9 Å².